The Morgan fingerprint density at radius 1 is 0.575 bits per heavy atom. The molecule has 2 amide bonds. The van der Waals surface area contributed by atoms with Crippen molar-refractivity contribution in [2.75, 3.05) is 69.5 Å². The molecule has 0 aliphatic rings. The van der Waals surface area contributed by atoms with Gasteiger partial charge in [0, 0.05) is 39.3 Å². The number of hydrogen-bond acceptors (Lipinski definition) is 4. The normalized spacial score (nSPS) is 11.7. The van der Waals surface area contributed by atoms with Crippen molar-refractivity contribution >= 4 is 23.6 Å². The number of ether oxygens (including phenoxy) is 2. The van der Waals surface area contributed by atoms with Crippen LogP contribution >= 0.6 is 0 Å². The fraction of sp³-hybridized carbons (Fsp3) is 0.562. The second-order valence-electron chi connectivity index (χ2n) is 12.4. The fourth-order valence-corrected chi connectivity index (χ4v) is 4.23. The van der Waals surface area contributed by atoms with E-state index < -0.39 is 0 Å². The van der Waals surface area contributed by atoms with Gasteiger partial charge >= 0.3 is 12.2 Å². The van der Waals surface area contributed by atoms with E-state index in [9.17, 15) is 9.59 Å². The van der Waals surface area contributed by atoms with Crippen molar-refractivity contribution in [2.24, 2.45) is 0 Å². The van der Waals surface area contributed by atoms with Crippen LogP contribution in [0.15, 0.2) is 48.5 Å². The maximum Gasteiger partial charge on any atom is 0.414 e. The minimum absolute atomic E-state index is 0.315. The molecule has 0 unspecified atom stereocenters. The Bertz CT molecular complexity index is 990. The standard InChI is InChI=1S/C32H52N4O4/c1-33(31(37)39-29-21-17-19-27(25-29)35(3,4)5)23-15-13-11-9-10-12-14-16-24-34(2)32(38)40-30-22-18-20-28(26-30)36(6,7)8/h17-22,25-26H,9-16,23-24H2,1-8H3/q+2. The Balaban J connectivity index is 1.52. The van der Waals surface area contributed by atoms with Crippen molar-refractivity contribution in [3.8, 4) is 11.5 Å². The molecule has 0 fully saturated rings. The lowest BCUT2D eigenvalue weighted by atomic mass is 10.1. The Morgan fingerprint density at radius 2 is 0.900 bits per heavy atom. The van der Waals surface area contributed by atoms with Crippen LogP contribution in [0.2, 0.25) is 0 Å². The van der Waals surface area contributed by atoms with Crippen molar-refractivity contribution in [3.63, 3.8) is 0 Å². The molecule has 0 N–H and O–H groups in total. The maximum atomic E-state index is 12.4. The molecule has 2 aromatic carbocycles. The summed E-state index contributed by atoms with van der Waals surface area (Å²) < 4.78 is 12.5. The SMILES string of the molecule is CN(CCCCCCCCCCN(C)C(=O)Oc1cccc([N+](C)(C)C)c1)C(=O)Oc1cccc([N+](C)(C)C)c1. The van der Waals surface area contributed by atoms with Gasteiger partial charge in [0.15, 0.2) is 0 Å². The number of benzene rings is 2. The van der Waals surface area contributed by atoms with Crippen LogP contribution in [0.1, 0.15) is 51.4 Å². The Morgan fingerprint density at radius 3 is 1.23 bits per heavy atom. The lowest BCUT2D eigenvalue weighted by Crippen LogP contribution is -2.35. The molecule has 0 aromatic heterocycles. The maximum absolute atomic E-state index is 12.4. The summed E-state index contributed by atoms with van der Waals surface area (Å²) in [5, 5.41) is 0. The number of quaternary nitrogens is 2. The predicted molar refractivity (Wildman–Crippen MR) is 166 cm³/mol. The van der Waals surface area contributed by atoms with Gasteiger partial charge in [0.05, 0.1) is 42.3 Å². The molecule has 0 bridgehead atoms. The molecule has 0 radical (unpaired) electrons. The van der Waals surface area contributed by atoms with Crippen LogP contribution in [-0.2, 0) is 0 Å². The molecule has 8 nitrogen and oxygen atoms in total. The number of carbonyl (C=O) groups excluding carboxylic acids is 2. The lowest BCUT2D eigenvalue weighted by molar-refractivity contribution is 0.161. The highest BCUT2D eigenvalue weighted by Crippen LogP contribution is 2.24. The van der Waals surface area contributed by atoms with E-state index in [2.05, 4.69) is 42.3 Å². The Labute approximate surface area is 242 Å². The number of unbranched alkanes of at least 4 members (excludes halogenated alkanes) is 7. The van der Waals surface area contributed by atoms with Crippen LogP contribution in [0.25, 0.3) is 0 Å². The molecule has 0 atom stereocenters. The molecule has 8 heteroatoms. The fourth-order valence-electron chi connectivity index (χ4n) is 4.23. The largest absolute Gasteiger partial charge is 0.414 e. The van der Waals surface area contributed by atoms with E-state index >= 15 is 0 Å². The smallest absolute Gasteiger partial charge is 0.410 e. The molecule has 0 aliphatic heterocycles. The molecule has 0 saturated heterocycles. The average molecular weight is 557 g/mol. The molecule has 0 aliphatic carbocycles. The summed E-state index contributed by atoms with van der Waals surface area (Å²) in [6.07, 6.45) is 8.19. The zero-order chi connectivity index (χ0) is 29.8. The first-order valence-corrected chi connectivity index (χ1v) is 14.5. The molecule has 0 spiro atoms. The lowest BCUT2D eigenvalue weighted by Gasteiger charge is -2.24. The Kier molecular flexibility index (Phi) is 12.9. The molecule has 222 valence electrons. The van der Waals surface area contributed by atoms with Gasteiger partial charge in [-0.1, -0.05) is 50.7 Å². The first-order valence-electron chi connectivity index (χ1n) is 14.5. The molecule has 40 heavy (non-hydrogen) atoms. The number of carbonyl (C=O) groups is 2. The summed E-state index contributed by atoms with van der Waals surface area (Å²) in [4.78, 5) is 28.2. The molecule has 0 saturated carbocycles. The zero-order valence-corrected chi connectivity index (χ0v) is 26.1. The van der Waals surface area contributed by atoms with Crippen molar-refractivity contribution in [1.82, 2.24) is 18.8 Å². The van der Waals surface area contributed by atoms with E-state index in [1.807, 2.05) is 48.5 Å². The number of amides is 2. The quantitative estimate of drug-likeness (QED) is 0.180. The highest BCUT2D eigenvalue weighted by atomic mass is 16.6. The number of nitrogens with zero attached hydrogens (tertiary/aromatic N) is 4. The summed E-state index contributed by atoms with van der Waals surface area (Å²) in [5.74, 6) is 1.16. The van der Waals surface area contributed by atoms with E-state index in [-0.39, 0.29) is 12.2 Å². The van der Waals surface area contributed by atoms with Crippen LogP contribution in [0, 0.1) is 0 Å². The minimum atomic E-state index is -0.315. The van der Waals surface area contributed by atoms with Crippen LogP contribution in [0.5, 0.6) is 11.5 Å². The highest BCUT2D eigenvalue weighted by Gasteiger charge is 2.17. The summed E-state index contributed by atoms with van der Waals surface area (Å²) in [6, 6.07) is 15.4. The third kappa shape index (κ3) is 12.0. The average Bonchev–Trinajstić information content (AvgIpc) is 2.88. The van der Waals surface area contributed by atoms with Gasteiger partial charge in [-0.2, -0.15) is 0 Å². The van der Waals surface area contributed by atoms with Crippen LogP contribution in [-0.4, -0.2) is 91.5 Å². The van der Waals surface area contributed by atoms with Crippen LogP contribution in [0.3, 0.4) is 0 Å². The van der Waals surface area contributed by atoms with Gasteiger partial charge in [0.2, 0.25) is 0 Å². The zero-order valence-electron chi connectivity index (χ0n) is 26.1. The van der Waals surface area contributed by atoms with Crippen molar-refractivity contribution in [3.05, 3.63) is 48.5 Å². The monoisotopic (exact) mass is 556 g/mol. The molecule has 2 aromatic rings. The van der Waals surface area contributed by atoms with E-state index in [0.29, 0.717) is 33.6 Å². The second kappa shape index (κ2) is 15.6. The van der Waals surface area contributed by atoms with Gasteiger partial charge in [0.1, 0.15) is 22.9 Å². The summed E-state index contributed by atoms with van der Waals surface area (Å²) >= 11 is 0. The summed E-state index contributed by atoms with van der Waals surface area (Å²) in [5.41, 5.74) is 2.17. The van der Waals surface area contributed by atoms with E-state index in [4.69, 9.17) is 9.47 Å². The van der Waals surface area contributed by atoms with Gasteiger partial charge in [-0.3, -0.25) is 8.97 Å². The highest BCUT2D eigenvalue weighted by molar-refractivity contribution is 5.71. The van der Waals surface area contributed by atoms with Crippen molar-refractivity contribution in [2.45, 2.75) is 51.4 Å². The van der Waals surface area contributed by atoms with Gasteiger partial charge in [-0.25, -0.2) is 9.59 Å². The van der Waals surface area contributed by atoms with Gasteiger partial charge in [-0.05, 0) is 37.1 Å². The first kappa shape index (κ1) is 33.1. The topological polar surface area (TPSA) is 59.1 Å². The van der Waals surface area contributed by atoms with E-state index in [1.54, 1.807) is 23.9 Å². The number of hydrogen-bond donors (Lipinski definition) is 0. The van der Waals surface area contributed by atoms with Crippen LogP contribution in [0.4, 0.5) is 21.0 Å². The third-order valence-electron chi connectivity index (χ3n) is 6.96. The first-order chi connectivity index (χ1) is 18.8. The molecular weight excluding hydrogens is 504 g/mol. The van der Waals surface area contributed by atoms with E-state index in [1.165, 1.54) is 12.8 Å². The van der Waals surface area contributed by atoms with Gasteiger partial charge in [-0.15, -0.1) is 0 Å². The Hall–Kier alpha value is -3.10. The van der Waals surface area contributed by atoms with Crippen molar-refractivity contribution < 1.29 is 19.1 Å². The molecule has 2 rings (SSSR count). The molecular formula is C32H52N4O4+2. The molecule has 0 heterocycles. The van der Waals surface area contributed by atoms with Gasteiger partial charge in [0.25, 0.3) is 0 Å². The van der Waals surface area contributed by atoms with Crippen molar-refractivity contribution in [1.29, 1.82) is 0 Å². The van der Waals surface area contributed by atoms with Gasteiger partial charge < -0.3 is 19.3 Å². The third-order valence-corrected chi connectivity index (χ3v) is 6.96. The van der Waals surface area contributed by atoms with Crippen LogP contribution < -0.4 is 18.4 Å². The van der Waals surface area contributed by atoms with E-state index in [0.717, 1.165) is 49.9 Å². The summed E-state index contributed by atoms with van der Waals surface area (Å²) in [7, 11) is 16.1. The minimum Gasteiger partial charge on any atom is -0.410 e. The second-order valence-corrected chi connectivity index (χ2v) is 12.4. The summed E-state index contributed by atoms with van der Waals surface area (Å²) in [6.45, 7) is 1.38. The number of rotatable bonds is 15. The predicted octanol–water partition coefficient (Wildman–Crippen LogP) is 6.76.